The van der Waals surface area contributed by atoms with Crippen LogP contribution in [0.2, 0.25) is 0 Å². The molecule has 0 unspecified atom stereocenters. The molecule has 0 radical (unpaired) electrons. The average Bonchev–Trinajstić information content (AvgIpc) is 2.30. The van der Waals surface area contributed by atoms with Crippen molar-refractivity contribution in [2.24, 2.45) is 5.73 Å². The molecule has 0 aromatic carbocycles. The highest BCUT2D eigenvalue weighted by atomic mass is 79.9. The Bertz CT molecular complexity index is 237. The quantitative estimate of drug-likeness (QED) is 0.280. The van der Waals surface area contributed by atoms with Crippen LogP contribution in [0.25, 0.3) is 0 Å². The fraction of sp³-hybridized carbons (Fsp3) is 0.846. The van der Waals surface area contributed by atoms with Gasteiger partial charge in [0.15, 0.2) is 5.96 Å². The summed E-state index contributed by atoms with van der Waals surface area (Å²) in [4.78, 5) is 11.0. The Balaban J connectivity index is 0. The van der Waals surface area contributed by atoms with Gasteiger partial charge in [0, 0.05) is 6.54 Å². The minimum absolute atomic E-state index is 0. The van der Waals surface area contributed by atoms with Crippen LogP contribution in [0.5, 0.6) is 0 Å². The molecular formula is C13H29BrN4O. The van der Waals surface area contributed by atoms with Gasteiger partial charge in [-0.25, -0.2) is 4.79 Å². The van der Waals surface area contributed by atoms with Crippen molar-refractivity contribution >= 4 is 29.0 Å². The van der Waals surface area contributed by atoms with Crippen LogP contribution in [0.1, 0.15) is 64.7 Å². The maximum absolute atomic E-state index is 11.0. The lowest BCUT2D eigenvalue weighted by atomic mass is 10.1. The lowest BCUT2D eigenvalue weighted by Crippen LogP contribution is -2.42. The summed E-state index contributed by atoms with van der Waals surface area (Å²) in [5.74, 6) is -0.320. The Labute approximate surface area is 127 Å². The van der Waals surface area contributed by atoms with Crippen LogP contribution < -0.4 is 16.4 Å². The van der Waals surface area contributed by atoms with Gasteiger partial charge in [-0.15, -0.1) is 17.0 Å². The number of halogens is 1. The summed E-state index contributed by atoms with van der Waals surface area (Å²) in [5.41, 5.74) is 5.02. The molecule has 114 valence electrons. The van der Waals surface area contributed by atoms with Crippen molar-refractivity contribution in [2.45, 2.75) is 64.7 Å². The smallest absolute Gasteiger partial charge is 0.321 e. The van der Waals surface area contributed by atoms with Crippen LogP contribution in [0.3, 0.4) is 0 Å². The van der Waals surface area contributed by atoms with E-state index in [4.69, 9.17) is 11.1 Å². The summed E-state index contributed by atoms with van der Waals surface area (Å²) in [7, 11) is 0. The van der Waals surface area contributed by atoms with Crippen LogP contribution in [0, 0.1) is 5.41 Å². The van der Waals surface area contributed by atoms with E-state index < -0.39 is 0 Å². The number of urea groups is 1. The maximum Gasteiger partial charge on any atom is 0.321 e. The lowest BCUT2D eigenvalue weighted by Gasteiger charge is -2.05. The van der Waals surface area contributed by atoms with E-state index in [0.29, 0.717) is 6.54 Å². The van der Waals surface area contributed by atoms with Gasteiger partial charge in [-0.1, -0.05) is 58.3 Å². The number of nitrogens with two attached hydrogens (primary N) is 1. The van der Waals surface area contributed by atoms with Crippen LogP contribution in [0.4, 0.5) is 4.79 Å². The third kappa shape index (κ3) is 17.2. The Morgan fingerprint density at radius 2 is 1.47 bits per heavy atom. The van der Waals surface area contributed by atoms with Gasteiger partial charge < -0.3 is 11.1 Å². The number of unbranched alkanes of at least 4 members (excludes halogenated alkanes) is 8. The monoisotopic (exact) mass is 336 g/mol. The van der Waals surface area contributed by atoms with E-state index in [2.05, 4.69) is 17.6 Å². The zero-order chi connectivity index (χ0) is 13.6. The molecule has 0 spiro atoms. The third-order valence-electron chi connectivity index (χ3n) is 2.81. The van der Waals surface area contributed by atoms with E-state index in [9.17, 15) is 4.79 Å². The summed E-state index contributed by atoms with van der Waals surface area (Å²) >= 11 is 0. The molecule has 6 heteroatoms. The molecule has 19 heavy (non-hydrogen) atoms. The molecule has 0 bridgehead atoms. The zero-order valence-corrected chi connectivity index (χ0v) is 13.7. The fourth-order valence-corrected chi connectivity index (χ4v) is 1.80. The normalized spacial score (nSPS) is 9.53. The summed E-state index contributed by atoms with van der Waals surface area (Å²) in [6.07, 6.45) is 11.4. The van der Waals surface area contributed by atoms with Gasteiger partial charge in [-0.05, 0) is 6.42 Å². The number of hydrogen-bond acceptors (Lipinski definition) is 2. The Morgan fingerprint density at radius 3 is 1.95 bits per heavy atom. The van der Waals surface area contributed by atoms with Gasteiger partial charge in [0.2, 0.25) is 0 Å². The molecule has 0 aliphatic carbocycles. The molecule has 0 aliphatic heterocycles. The molecule has 0 atom stereocenters. The summed E-state index contributed by atoms with van der Waals surface area (Å²) in [6.45, 7) is 2.88. The predicted octanol–water partition coefficient (Wildman–Crippen LogP) is 3.29. The first-order valence-corrected chi connectivity index (χ1v) is 7.05. The van der Waals surface area contributed by atoms with Crippen molar-refractivity contribution in [2.75, 3.05) is 6.54 Å². The van der Waals surface area contributed by atoms with Crippen molar-refractivity contribution in [1.82, 2.24) is 10.6 Å². The fourth-order valence-electron chi connectivity index (χ4n) is 1.80. The molecule has 0 aromatic rings. The van der Waals surface area contributed by atoms with Crippen LogP contribution in [-0.4, -0.2) is 18.5 Å². The number of nitrogens with one attached hydrogen (secondary N) is 3. The Hall–Kier alpha value is -0.780. The van der Waals surface area contributed by atoms with E-state index in [-0.39, 0.29) is 29.0 Å². The van der Waals surface area contributed by atoms with Gasteiger partial charge in [-0.3, -0.25) is 10.7 Å². The van der Waals surface area contributed by atoms with Gasteiger partial charge >= 0.3 is 6.03 Å². The number of amides is 2. The number of carbonyl (C=O) groups excluding carboxylic acids is 1. The van der Waals surface area contributed by atoms with Crippen molar-refractivity contribution in [3.05, 3.63) is 0 Å². The highest BCUT2D eigenvalue weighted by Gasteiger charge is 1.99. The zero-order valence-electron chi connectivity index (χ0n) is 12.0. The van der Waals surface area contributed by atoms with Crippen molar-refractivity contribution in [1.29, 1.82) is 5.41 Å². The van der Waals surface area contributed by atoms with E-state index in [1.165, 1.54) is 44.9 Å². The Kier molecular flexibility index (Phi) is 16.5. The second-order valence-electron chi connectivity index (χ2n) is 4.62. The first-order chi connectivity index (χ1) is 8.66. The molecule has 0 aliphatic rings. The van der Waals surface area contributed by atoms with E-state index in [1.54, 1.807) is 0 Å². The highest BCUT2D eigenvalue weighted by molar-refractivity contribution is 8.93. The maximum atomic E-state index is 11.0. The molecule has 5 N–H and O–H groups in total. The summed E-state index contributed by atoms with van der Waals surface area (Å²) in [5, 5.41) is 11.7. The molecule has 0 saturated heterocycles. The van der Waals surface area contributed by atoms with Crippen LogP contribution in [-0.2, 0) is 0 Å². The van der Waals surface area contributed by atoms with Gasteiger partial charge in [-0.2, -0.15) is 0 Å². The first-order valence-electron chi connectivity index (χ1n) is 7.05. The molecule has 0 aromatic heterocycles. The standard InChI is InChI=1S/C13H28N4O.BrH/c1-2-3-4-5-6-7-8-9-10-11-16-13(18)17-12(14)15;/h2-11H2,1H3,(H5,14,15,16,17,18);1H. The second-order valence-corrected chi connectivity index (χ2v) is 4.62. The minimum Gasteiger partial charge on any atom is -0.370 e. The number of guanidine groups is 1. The second kappa shape index (κ2) is 15.3. The molecular weight excluding hydrogens is 308 g/mol. The van der Waals surface area contributed by atoms with Crippen molar-refractivity contribution < 1.29 is 4.79 Å². The molecule has 2 amide bonds. The lowest BCUT2D eigenvalue weighted by molar-refractivity contribution is 0.245. The number of rotatable bonds is 10. The first kappa shape index (κ1) is 20.5. The summed E-state index contributed by atoms with van der Waals surface area (Å²) in [6, 6.07) is -0.387. The predicted molar refractivity (Wildman–Crippen MR) is 86.0 cm³/mol. The van der Waals surface area contributed by atoms with E-state index in [1.807, 2.05) is 0 Å². The SMILES string of the molecule is Br.CCCCCCCCCCCNC(=O)NC(=N)N. The highest BCUT2D eigenvalue weighted by Crippen LogP contribution is 2.09. The number of hydrogen-bond donors (Lipinski definition) is 4. The largest absolute Gasteiger partial charge is 0.370 e. The topological polar surface area (TPSA) is 91.0 Å². The molecule has 5 nitrogen and oxygen atoms in total. The van der Waals surface area contributed by atoms with Gasteiger partial charge in [0.25, 0.3) is 0 Å². The van der Waals surface area contributed by atoms with E-state index >= 15 is 0 Å². The third-order valence-corrected chi connectivity index (χ3v) is 2.81. The van der Waals surface area contributed by atoms with Crippen molar-refractivity contribution in [3.8, 4) is 0 Å². The van der Waals surface area contributed by atoms with Gasteiger partial charge in [0.1, 0.15) is 0 Å². The van der Waals surface area contributed by atoms with Crippen molar-refractivity contribution in [3.63, 3.8) is 0 Å². The van der Waals surface area contributed by atoms with E-state index in [0.717, 1.165) is 12.8 Å². The summed E-state index contributed by atoms with van der Waals surface area (Å²) < 4.78 is 0. The molecule has 0 rings (SSSR count). The molecule has 0 fully saturated rings. The molecule has 0 saturated carbocycles. The van der Waals surface area contributed by atoms with Gasteiger partial charge in [0.05, 0.1) is 0 Å². The minimum atomic E-state index is -0.387. The van der Waals surface area contributed by atoms with Crippen LogP contribution in [0.15, 0.2) is 0 Å². The average molecular weight is 337 g/mol. The van der Waals surface area contributed by atoms with Crippen LogP contribution >= 0.6 is 17.0 Å². The molecule has 0 heterocycles. The number of carbonyl (C=O) groups is 1. The Morgan fingerprint density at radius 1 is 1.00 bits per heavy atom.